The van der Waals surface area contributed by atoms with E-state index in [-0.39, 0.29) is 5.91 Å². The van der Waals surface area contributed by atoms with Crippen molar-refractivity contribution >= 4 is 5.91 Å². The first-order valence-electron chi connectivity index (χ1n) is 8.65. The molecule has 0 atom stereocenters. The van der Waals surface area contributed by atoms with Crippen LogP contribution in [0.25, 0.3) is 0 Å². The minimum atomic E-state index is -0.0304. The SMILES string of the molecule is Cc1ccc(CCC2CCN(C(=O)c3ccc[n+]([O-])c3)CC2)cc1. The highest BCUT2D eigenvalue weighted by molar-refractivity contribution is 5.93. The number of aromatic nitrogens is 1. The highest BCUT2D eigenvalue weighted by Crippen LogP contribution is 2.23. The predicted molar refractivity (Wildman–Crippen MR) is 93.5 cm³/mol. The van der Waals surface area contributed by atoms with E-state index in [1.807, 2.05) is 4.90 Å². The molecule has 1 aromatic heterocycles. The summed E-state index contributed by atoms with van der Waals surface area (Å²) in [6.07, 6.45) is 7.12. The fourth-order valence-corrected chi connectivity index (χ4v) is 3.31. The first kappa shape index (κ1) is 16.5. The van der Waals surface area contributed by atoms with Gasteiger partial charge in [0.15, 0.2) is 12.4 Å². The van der Waals surface area contributed by atoms with Gasteiger partial charge < -0.3 is 10.1 Å². The van der Waals surface area contributed by atoms with Crippen LogP contribution in [-0.2, 0) is 6.42 Å². The van der Waals surface area contributed by atoms with Crippen molar-refractivity contribution in [3.8, 4) is 0 Å². The molecular formula is C20H24N2O2. The van der Waals surface area contributed by atoms with Crippen molar-refractivity contribution in [3.05, 3.63) is 70.7 Å². The summed E-state index contributed by atoms with van der Waals surface area (Å²) in [6.45, 7) is 3.67. The zero-order valence-corrected chi connectivity index (χ0v) is 14.1. The Balaban J connectivity index is 1.48. The van der Waals surface area contributed by atoms with E-state index in [9.17, 15) is 10.0 Å². The molecule has 2 aromatic rings. The highest BCUT2D eigenvalue weighted by Gasteiger charge is 2.24. The summed E-state index contributed by atoms with van der Waals surface area (Å²) in [4.78, 5) is 14.3. The van der Waals surface area contributed by atoms with E-state index in [1.165, 1.54) is 29.9 Å². The Morgan fingerprint density at radius 3 is 2.58 bits per heavy atom. The Morgan fingerprint density at radius 1 is 1.21 bits per heavy atom. The predicted octanol–water partition coefficient (Wildman–Crippen LogP) is 3.11. The Bertz CT molecular complexity index is 689. The third kappa shape index (κ3) is 4.13. The molecular weight excluding hydrogens is 300 g/mol. The summed E-state index contributed by atoms with van der Waals surface area (Å²) in [5.41, 5.74) is 3.17. The second kappa shape index (κ2) is 7.47. The van der Waals surface area contributed by atoms with Crippen molar-refractivity contribution in [2.24, 2.45) is 5.92 Å². The van der Waals surface area contributed by atoms with Crippen LogP contribution in [0, 0.1) is 18.0 Å². The highest BCUT2D eigenvalue weighted by atomic mass is 16.5. The van der Waals surface area contributed by atoms with E-state index in [2.05, 4.69) is 31.2 Å². The molecule has 0 radical (unpaired) electrons. The minimum absolute atomic E-state index is 0.0304. The monoisotopic (exact) mass is 324 g/mol. The number of hydrogen-bond acceptors (Lipinski definition) is 2. The molecule has 1 amide bonds. The van der Waals surface area contributed by atoms with Crippen LogP contribution in [0.3, 0.4) is 0 Å². The molecule has 3 rings (SSSR count). The van der Waals surface area contributed by atoms with Crippen LogP contribution in [0.1, 0.15) is 40.7 Å². The van der Waals surface area contributed by atoms with Gasteiger partial charge in [0.2, 0.25) is 0 Å². The van der Waals surface area contributed by atoms with E-state index < -0.39 is 0 Å². The number of benzene rings is 1. The number of hydrogen-bond donors (Lipinski definition) is 0. The van der Waals surface area contributed by atoms with Gasteiger partial charge in [-0.25, -0.2) is 0 Å². The lowest BCUT2D eigenvalue weighted by Crippen LogP contribution is -2.39. The molecule has 4 nitrogen and oxygen atoms in total. The van der Waals surface area contributed by atoms with Crippen molar-refractivity contribution in [3.63, 3.8) is 0 Å². The molecule has 126 valence electrons. The molecule has 1 saturated heterocycles. The number of carbonyl (C=O) groups excluding carboxylic acids is 1. The molecule has 1 aliphatic rings. The average Bonchev–Trinajstić information content (AvgIpc) is 2.61. The van der Waals surface area contributed by atoms with Crippen LogP contribution in [-0.4, -0.2) is 23.9 Å². The summed E-state index contributed by atoms with van der Waals surface area (Å²) >= 11 is 0. The normalized spacial score (nSPS) is 15.5. The van der Waals surface area contributed by atoms with Gasteiger partial charge in [0.05, 0.1) is 0 Å². The zero-order valence-electron chi connectivity index (χ0n) is 14.1. The van der Waals surface area contributed by atoms with Gasteiger partial charge in [-0.15, -0.1) is 0 Å². The summed E-state index contributed by atoms with van der Waals surface area (Å²) < 4.78 is 0.682. The molecule has 0 aliphatic carbocycles. The van der Waals surface area contributed by atoms with E-state index in [1.54, 1.807) is 12.1 Å². The first-order chi connectivity index (χ1) is 11.6. The molecule has 0 N–H and O–H groups in total. The van der Waals surface area contributed by atoms with E-state index >= 15 is 0 Å². The minimum Gasteiger partial charge on any atom is -0.619 e. The molecule has 2 heterocycles. The molecule has 0 bridgehead atoms. The van der Waals surface area contributed by atoms with Crippen LogP contribution in [0.4, 0.5) is 0 Å². The van der Waals surface area contributed by atoms with Gasteiger partial charge in [0.1, 0.15) is 5.56 Å². The van der Waals surface area contributed by atoms with E-state index in [4.69, 9.17) is 0 Å². The van der Waals surface area contributed by atoms with Gasteiger partial charge in [0.25, 0.3) is 5.91 Å². The quantitative estimate of drug-likeness (QED) is 0.641. The van der Waals surface area contributed by atoms with Crippen LogP contribution in [0.15, 0.2) is 48.8 Å². The van der Waals surface area contributed by atoms with Crippen molar-refractivity contribution < 1.29 is 9.52 Å². The van der Waals surface area contributed by atoms with Crippen LogP contribution < -0.4 is 4.73 Å². The maximum Gasteiger partial charge on any atom is 0.259 e. The number of nitrogens with zero attached hydrogens (tertiary/aromatic N) is 2. The number of amides is 1. The third-order valence-corrected chi connectivity index (χ3v) is 4.89. The van der Waals surface area contributed by atoms with Crippen molar-refractivity contribution in [2.45, 2.75) is 32.6 Å². The molecule has 0 saturated carbocycles. The summed E-state index contributed by atoms with van der Waals surface area (Å²) in [5.74, 6) is 0.646. The number of carbonyl (C=O) groups is 1. The summed E-state index contributed by atoms with van der Waals surface area (Å²) in [6, 6.07) is 12.1. The largest absolute Gasteiger partial charge is 0.619 e. The van der Waals surface area contributed by atoms with Gasteiger partial charge in [-0.3, -0.25) is 4.79 Å². The van der Waals surface area contributed by atoms with Crippen LogP contribution >= 0.6 is 0 Å². The second-order valence-electron chi connectivity index (χ2n) is 6.71. The fourth-order valence-electron chi connectivity index (χ4n) is 3.31. The smallest absolute Gasteiger partial charge is 0.259 e. The summed E-state index contributed by atoms with van der Waals surface area (Å²) in [5, 5.41) is 11.3. The van der Waals surface area contributed by atoms with Crippen LogP contribution in [0.5, 0.6) is 0 Å². The molecule has 1 aromatic carbocycles. The lowest BCUT2D eigenvalue weighted by molar-refractivity contribution is -0.605. The Kier molecular flexibility index (Phi) is 5.14. The van der Waals surface area contributed by atoms with Gasteiger partial charge in [-0.2, -0.15) is 4.73 Å². The second-order valence-corrected chi connectivity index (χ2v) is 6.71. The van der Waals surface area contributed by atoms with Gasteiger partial charge in [0, 0.05) is 19.2 Å². The molecule has 24 heavy (non-hydrogen) atoms. The lowest BCUT2D eigenvalue weighted by atomic mass is 9.90. The molecule has 1 aliphatic heterocycles. The summed E-state index contributed by atoms with van der Waals surface area (Å²) in [7, 11) is 0. The number of pyridine rings is 1. The van der Waals surface area contributed by atoms with Gasteiger partial charge >= 0.3 is 0 Å². The van der Waals surface area contributed by atoms with Crippen molar-refractivity contribution in [1.82, 2.24) is 4.90 Å². The molecule has 0 spiro atoms. The third-order valence-electron chi connectivity index (χ3n) is 4.89. The van der Waals surface area contributed by atoms with Crippen molar-refractivity contribution in [2.75, 3.05) is 13.1 Å². The molecule has 1 fully saturated rings. The van der Waals surface area contributed by atoms with E-state index in [0.29, 0.717) is 16.2 Å². The molecule has 0 unspecified atom stereocenters. The van der Waals surface area contributed by atoms with Crippen LogP contribution in [0.2, 0.25) is 0 Å². The maximum atomic E-state index is 12.4. The maximum absolute atomic E-state index is 12.4. The van der Waals surface area contributed by atoms with Crippen molar-refractivity contribution in [1.29, 1.82) is 0 Å². The number of likely N-dealkylation sites (tertiary alicyclic amines) is 1. The standard InChI is InChI=1S/C20H24N2O2/c1-16-4-6-17(7-5-16)8-9-18-10-13-21(14-11-18)20(23)19-3-2-12-22(24)15-19/h2-7,12,15,18H,8-11,13-14H2,1H3. The average molecular weight is 324 g/mol. The Morgan fingerprint density at radius 2 is 1.92 bits per heavy atom. The topological polar surface area (TPSA) is 47.2 Å². The zero-order chi connectivity index (χ0) is 16.9. The lowest BCUT2D eigenvalue weighted by Gasteiger charge is -2.32. The first-order valence-corrected chi connectivity index (χ1v) is 8.65. The Labute approximate surface area is 143 Å². The Hall–Kier alpha value is -2.36. The fraction of sp³-hybridized carbons (Fsp3) is 0.400. The van der Waals surface area contributed by atoms with E-state index in [0.717, 1.165) is 32.4 Å². The number of piperidine rings is 1. The number of rotatable bonds is 4. The molecule has 4 heteroatoms. The number of aryl methyl sites for hydroxylation is 2. The van der Waals surface area contributed by atoms with Gasteiger partial charge in [-0.05, 0) is 50.2 Å². The van der Waals surface area contributed by atoms with Gasteiger partial charge in [-0.1, -0.05) is 29.8 Å².